The fourth-order valence-electron chi connectivity index (χ4n) is 4.99. The van der Waals surface area contributed by atoms with E-state index in [9.17, 15) is 9.18 Å². The highest BCUT2D eigenvalue weighted by Crippen LogP contribution is 2.33. The predicted octanol–water partition coefficient (Wildman–Crippen LogP) is 4.45. The van der Waals surface area contributed by atoms with Crippen molar-refractivity contribution in [2.45, 2.75) is 32.1 Å². The highest BCUT2D eigenvalue weighted by Gasteiger charge is 2.27. The van der Waals surface area contributed by atoms with Crippen molar-refractivity contribution in [1.82, 2.24) is 15.1 Å². The van der Waals surface area contributed by atoms with Crippen LogP contribution >= 0.6 is 0 Å². The molecule has 1 amide bonds. The van der Waals surface area contributed by atoms with Gasteiger partial charge in [-0.2, -0.15) is 5.10 Å². The van der Waals surface area contributed by atoms with Crippen molar-refractivity contribution in [3.63, 3.8) is 0 Å². The van der Waals surface area contributed by atoms with Gasteiger partial charge < -0.3 is 9.80 Å². The predicted molar refractivity (Wildman–Crippen MR) is 124 cm³/mol. The summed E-state index contributed by atoms with van der Waals surface area (Å²) in [4.78, 5) is 17.1. The van der Waals surface area contributed by atoms with E-state index in [1.54, 1.807) is 12.1 Å². The number of carbonyl (C=O) groups is 1. The van der Waals surface area contributed by atoms with Gasteiger partial charge in [-0.25, -0.2) is 4.39 Å². The number of piperidine rings is 1. The monoisotopic (exact) mass is 432 g/mol. The van der Waals surface area contributed by atoms with E-state index >= 15 is 0 Å². The van der Waals surface area contributed by atoms with Gasteiger partial charge >= 0.3 is 0 Å². The number of amides is 1. The molecule has 0 spiro atoms. The maximum atomic E-state index is 13.0. The van der Waals surface area contributed by atoms with Crippen LogP contribution in [-0.2, 0) is 17.6 Å². The SMILES string of the molecule is O=C(CCc1ccc(F)cc1)N1CCC(CN2CCc3cc(-c4cn[nH]c4)ccc32)CC1. The fourth-order valence-corrected chi connectivity index (χ4v) is 4.99. The summed E-state index contributed by atoms with van der Waals surface area (Å²) in [5, 5.41) is 6.94. The number of likely N-dealkylation sites (tertiary alicyclic amines) is 1. The van der Waals surface area contributed by atoms with Gasteiger partial charge in [-0.1, -0.05) is 18.2 Å². The quantitative estimate of drug-likeness (QED) is 0.626. The van der Waals surface area contributed by atoms with Crippen LogP contribution < -0.4 is 4.90 Å². The van der Waals surface area contributed by atoms with E-state index in [1.165, 1.54) is 28.9 Å². The number of H-pyrrole nitrogens is 1. The van der Waals surface area contributed by atoms with Gasteiger partial charge in [-0.15, -0.1) is 0 Å². The molecule has 32 heavy (non-hydrogen) atoms. The molecule has 6 heteroatoms. The molecule has 166 valence electrons. The first-order valence-electron chi connectivity index (χ1n) is 11.5. The Morgan fingerprint density at radius 3 is 2.62 bits per heavy atom. The van der Waals surface area contributed by atoms with Crippen LogP contribution in [0.4, 0.5) is 10.1 Å². The van der Waals surface area contributed by atoms with Crippen LogP contribution in [-0.4, -0.2) is 47.2 Å². The van der Waals surface area contributed by atoms with Crippen LogP contribution in [0.1, 0.15) is 30.4 Å². The molecule has 2 aromatic carbocycles. The second-order valence-corrected chi connectivity index (χ2v) is 8.98. The zero-order chi connectivity index (χ0) is 21.9. The number of hydrogen-bond donors (Lipinski definition) is 1. The van der Waals surface area contributed by atoms with Crippen LogP contribution in [0.3, 0.4) is 0 Å². The van der Waals surface area contributed by atoms with Gasteiger partial charge in [-0.3, -0.25) is 9.89 Å². The van der Waals surface area contributed by atoms with Gasteiger partial charge in [0.15, 0.2) is 0 Å². The summed E-state index contributed by atoms with van der Waals surface area (Å²) in [6.07, 6.45) is 8.16. The second-order valence-electron chi connectivity index (χ2n) is 8.98. The largest absolute Gasteiger partial charge is 0.371 e. The van der Waals surface area contributed by atoms with Gasteiger partial charge in [0.05, 0.1) is 6.20 Å². The number of aryl methyl sites for hydroxylation is 1. The van der Waals surface area contributed by atoms with Crippen molar-refractivity contribution >= 4 is 11.6 Å². The zero-order valence-electron chi connectivity index (χ0n) is 18.3. The van der Waals surface area contributed by atoms with Gasteiger partial charge in [0, 0.05) is 50.0 Å². The zero-order valence-corrected chi connectivity index (χ0v) is 18.3. The lowest BCUT2D eigenvalue weighted by Crippen LogP contribution is -2.41. The van der Waals surface area contributed by atoms with Gasteiger partial charge in [0.25, 0.3) is 0 Å². The first kappa shape index (κ1) is 20.7. The molecule has 5 nitrogen and oxygen atoms in total. The highest BCUT2D eigenvalue weighted by molar-refractivity contribution is 5.76. The number of nitrogens with one attached hydrogen (secondary N) is 1. The lowest BCUT2D eigenvalue weighted by Gasteiger charge is -2.34. The standard InChI is InChI=1S/C26H29FN4O/c27-24-5-1-19(2-6-24)3-8-26(32)30-12-9-20(10-13-30)18-31-14-11-22-15-21(4-7-25(22)31)23-16-28-29-17-23/h1-2,4-7,15-17,20H,3,8-14,18H2,(H,28,29). The molecular formula is C26H29FN4O. The molecule has 1 fully saturated rings. The minimum absolute atomic E-state index is 0.214. The number of hydrogen-bond acceptors (Lipinski definition) is 3. The summed E-state index contributed by atoms with van der Waals surface area (Å²) in [5.41, 5.74) is 6.12. The van der Waals surface area contributed by atoms with E-state index < -0.39 is 0 Å². The maximum absolute atomic E-state index is 13.0. The summed E-state index contributed by atoms with van der Waals surface area (Å²) >= 11 is 0. The number of aromatic amines is 1. The third kappa shape index (κ3) is 4.54. The van der Waals surface area contributed by atoms with Gasteiger partial charge in [0.2, 0.25) is 5.91 Å². The van der Waals surface area contributed by atoms with Crippen molar-refractivity contribution in [1.29, 1.82) is 0 Å². The van der Waals surface area contributed by atoms with Crippen LogP contribution in [0.25, 0.3) is 11.1 Å². The molecule has 1 aromatic heterocycles. The van der Waals surface area contributed by atoms with Crippen molar-refractivity contribution in [3.8, 4) is 11.1 Å². The second kappa shape index (κ2) is 9.15. The molecule has 2 aliphatic rings. The first-order chi connectivity index (χ1) is 15.7. The molecule has 5 rings (SSSR count). The number of carbonyl (C=O) groups excluding carboxylic acids is 1. The maximum Gasteiger partial charge on any atom is 0.222 e. The molecule has 0 bridgehead atoms. The Morgan fingerprint density at radius 1 is 1.06 bits per heavy atom. The van der Waals surface area contributed by atoms with Crippen molar-refractivity contribution in [3.05, 3.63) is 71.8 Å². The molecular weight excluding hydrogens is 403 g/mol. The Bertz CT molecular complexity index is 1060. The smallest absolute Gasteiger partial charge is 0.222 e. The topological polar surface area (TPSA) is 52.2 Å². The molecule has 0 atom stereocenters. The summed E-state index contributed by atoms with van der Waals surface area (Å²) in [6, 6.07) is 13.2. The number of halogens is 1. The van der Waals surface area contributed by atoms with E-state index in [4.69, 9.17) is 0 Å². The van der Waals surface area contributed by atoms with Crippen LogP contribution in [0.5, 0.6) is 0 Å². The number of aromatic nitrogens is 2. The molecule has 3 aromatic rings. The molecule has 0 aliphatic carbocycles. The average molecular weight is 433 g/mol. The van der Waals surface area contributed by atoms with E-state index in [-0.39, 0.29) is 11.7 Å². The van der Waals surface area contributed by atoms with Crippen molar-refractivity contribution in [2.24, 2.45) is 5.92 Å². The lowest BCUT2D eigenvalue weighted by atomic mass is 9.95. The van der Waals surface area contributed by atoms with E-state index in [0.717, 1.165) is 56.6 Å². The number of fused-ring (bicyclic) bond motifs is 1. The minimum Gasteiger partial charge on any atom is -0.371 e. The van der Waals surface area contributed by atoms with Crippen LogP contribution in [0.2, 0.25) is 0 Å². The highest BCUT2D eigenvalue weighted by atomic mass is 19.1. The number of nitrogens with zero attached hydrogens (tertiary/aromatic N) is 3. The normalized spacial score (nSPS) is 16.4. The summed E-state index contributed by atoms with van der Waals surface area (Å²) in [7, 11) is 0. The Hall–Kier alpha value is -3.15. The minimum atomic E-state index is -0.235. The van der Waals surface area contributed by atoms with Crippen molar-refractivity contribution < 1.29 is 9.18 Å². The Morgan fingerprint density at radius 2 is 1.88 bits per heavy atom. The Kier molecular flexibility index (Phi) is 5.93. The lowest BCUT2D eigenvalue weighted by molar-refractivity contribution is -0.132. The third-order valence-electron chi connectivity index (χ3n) is 6.89. The molecule has 1 N–H and O–H groups in total. The fraction of sp³-hybridized carbons (Fsp3) is 0.385. The van der Waals surface area contributed by atoms with E-state index in [1.807, 2.05) is 17.3 Å². The van der Waals surface area contributed by atoms with Gasteiger partial charge in [-0.05, 0) is 72.6 Å². The number of anilines is 1. The Balaban J connectivity index is 1.11. The van der Waals surface area contributed by atoms with Gasteiger partial charge in [0.1, 0.15) is 5.82 Å². The molecule has 0 saturated carbocycles. The molecule has 0 unspecified atom stereocenters. The summed E-state index contributed by atoms with van der Waals surface area (Å²) < 4.78 is 13.0. The van der Waals surface area contributed by atoms with E-state index in [2.05, 4.69) is 33.3 Å². The van der Waals surface area contributed by atoms with Crippen LogP contribution in [0, 0.1) is 11.7 Å². The van der Waals surface area contributed by atoms with Crippen molar-refractivity contribution in [2.75, 3.05) is 31.1 Å². The van der Waals surface area contributed by atoms with Crippen LogP contribution in [0.15, 0.2) is 54.9 Å². The molecule has 0 radical (unpaired) electrons. The summed E-state index contributed by atoms with van der Waals surface area (Å²) in [5.74, 6) is 0.600. The van der Waals surface area contributed by atoms with E-state index in [0.29, 0.717) is 18.8 Å². The average Bonchev–Trinajstić information content (AvgIpc) is 3.49. The molecule has 2 aliphatic heterocycles. The molecule has 1 saturated heterocycles. The third-order valence-corrected chi connectivity index (χ3v) is 6.89. The first-order valence-corrected chi connectivity index (χ1v) is 11.5. The number of rotatable bonds is 6. The Labute approximate surface area is 188 Å². The summed E-state index contributed by atoms with van der Waals surface area (Å²) in [6.45, 7) is 3.82. The molecule has 3 heterocycles. The number of benzene rings is 2.